The van der Waals surface area contributed by atoms with Crippen molar-refractivity contribution in [1.29, 1.82) is 0 Å². The number of carboxylic acids is 1. The number of carbonyl (C=O) groups excluding carboxylic acids is 1. The molecular weight excluding hydrogens is 518 g/mol. The summed E-state index contributed by atoms with van der Waals surface area (Å²) >= 11 is 0. The maximum atomic E-state index is 13.3. The fraction of sp³-hybridized carbons (Fsp3) is 0.333. The number of hydrogen-bond acceptors (Lipinski definition) is 6. The second kappa shape index (κ2) is 12.5. The van der Waals surface area contributed by atoms with Crippen LogP contribution in [0.2, 0.25) is 0 Å². The first-order valence-corrected chi connectivity index (χ1v) is 14.1. The van der Waals surface area contributed by atoms with Crippen molar-refractivity contribution in [2.45, 2.75) is 26.2 Å². The third-order valence-electron chi connectivity index (χ3n) is 8.25. The van der Waals surface area contributed by atoms with Crippen LogP contribution in [0.15, 0.2) is 66.7 Å². The quantitative estimate of drug-likeness (QED) is 0.280. The number of rotatable bonds is 10. The molecule has 41 heavy (non-hydrogen) atoms. The molecule has 3 aromatic rings. The normalized spacial score (nSPS) is 17.4. The van der Waals surface area contributed by atoms with E-state index in [4.69, 9.17) is 9.47 Å². The molecule has 1 unspecified atom stereocenters. The number of nitrogens with one attached hydrogen (secondary N) is 2. The van der Waals surface area contributed by atoms with Crippen LogP contribution in [0.1, 0.15) is 36.5 Å². The summed E-state index contributed by atoms with van der Waals surface area (Å²) in [5.41, 5.74) is 5.67. The summed E-state index contributed by atoms with van der Waals surface area (Å²) in [5, 5.41) is 15.8. The molecule has 0 bridgehead atoms. The molecule has 3 N–H and O–H groups in total. The van der Waals surface area contributed by atoms with E-state index in [1.165, 1.54) is 5.56 Å². The van der Waals surface area contributed by atoms with Gasteiger partial charge in [-0.15, -0.1) is 0 Å². The van der Waals surface area contributed by atoms with Crippen molar-refractivity contribution in [3.05, 3.63) is 83.4 Å². The van der Waals surface area contributed by atoms with Crippen molar-refractivity contribution in [3.63, 3.8) is 0 Å². The van der Waals surface area contributed by atoms with E-state index in [2.05, 4.69) is 27.7 Å². The van der Waals surface area contributed by atoms with Crippen molar-refractivity contribution in [2.75, 3.05) is 44.5 Å². The van der Waals surface area contributed by atoms with E-state index in [9.17, 15) is 14.7 Å². The number of likely N-dealkylation sites (tertiary alicyclic amines) is 1. The monoisotopic (exact) mass is 555 g/mol. The van der Waals surface area contributed by atoms with Gasteiger partial charge in [-0.25, -0.2) is 0 Å². The Morgan fingerprint density at radius 1 is 1.02 bits per heavy atom. The minimum Gasteiger partial charge on any atom is -0.493 e. The molecule has 2 aliphatic rings. The summed E-state index contributed by atoms with van der Waals surface area (Å²) in [7, 11) is 3.15. The van der Waals surface area contributed by atoms with Crippen LogP contribution < -0.4 is 20.1 Å². The van der Waals surface area contributed by atoms with Gasteiger partial charge in [0.15, 0.2) is 11.5 Å². The summed E-state index contributed by atoms with van der Waals surface area (Å²) in [6, 6.07) is 21.8. The van der Waals surface area contributed by atoms with Crippen LogP contribution in [0.4, 0.5) is 11.4 Å². The standard InChI is InChI=1S/C33H37N3O5/c1-21(33(38)39)23-14-17-36(18-15-23)16-13-22-9-11-25(12-10-22)34-31(24-7-5-4-6-8-24)30-26-19-28(40-2)29(41-3)20-27(26)35-32(30)37/h4-12,19-21,23,34H,13-18H2,1-3H3,(H,35,37)(H,38,39)/b31-30-. The average Bonchev–Trinajstić information content (AvgIpc) is 3.33. The first kappa shape index (κ1) is 28.2. The predicted octanol–water partition coefficient (Wildman–Crippen LogP) is 5.61. The molecule has 0 aliphatic carbocycles. The van der Waals surface area contributed by atoms with Gasteiger partial charge in [-0.05, 0) is 67.6 Å². The largest absolute Gasteiger partial charge is 0.493 e. The molecule has 214 valence electrons. The molecule has 2 aliphatic heterocycles. The number of ether oxygens (including phenoxy) is 2. The first-order chi connectivity index (χ1) is 19.9. The number of hydrogen-bond donors (Lipinski definition) is 3. The van der Waals surface area contributed by atoms with E-state index >= 15 is 0 Å². The maximum Gasteiger partial charge on any atom is 0.306 e. The predicted molar refractivity (Wildman–Crippen MR) is 161 cm³/mol. The van der Waals surface area contributed by atoms with Crippen LogP contribution in [0.25, 0.3) is 11.3 Å². The van der Waals surface area contributed by atoms with E-state index < -0.39 is 5.97 Å². The molecular formula is C33H37N3O5. The summed E-state index contributed by atoms with van der Waals surface area (Å²) in [6.45, 7) is 4.65. The Bertz CT molecular complexity index is 1430. The van der Waals surface area contributed by atoms with Gasteiger partial charge in [-0.1, -0.05) is 49.4 Å². The fourth-order valence-electron chi connectivity index (χ4n) is 5.69. The maximum absolute atomic E-state index is 13.3. The number of carbonyl (C=O) groups is 2. The van der Waals surface area contributed by atoms with Crippen LogP contribution in [-0.2, 0) is 16.0 Å². The molecule has 1 fully saturated rings. The topological polar surface area (TPSA) is 100 Å². The minimum atomic E-state index is -0.694. The highest BCUT2D eigenvalue weighted by molar-refractivity contribution is 6.37. The number of aliphatic carboxylic acids is 1. The van der Waals surface area contributed by atoms with E-state index in [1.54, 1.807) is 20.3 Å². The Morgan fingerprint density at radius 2 is 1.68 bits per heavy atom. The van der Waals surface area contributed by atoms with Crippen molar-refractivity contribution in [2.24, 2.45) is 11.8 Å². The van der Waals surface area contributed by atoms with Crippen molar-refractivity contribution < 1.29 is 24.2 Å². The van der Waals surface area contributed by atoms with E-state index in [1.807, 2.05) is 55.5 Å². The SMILES string of the molecule is COc1cc2c(cc1OC)/C(=C(/Nc1ccc(CCN3CCC(C(C)C(=O)O)CC3)cc1)c1ccccc1)C(=O)N2. The highest BCUT2D eigenvalue weighted by atomic mass is 16.5. The molecule has 0 spiro atoms. The second-order valence-corrected chi connectivity index (χ2v) is 10.7. The zero-order chi connectivity index (χ0) is 28.9. The lowest BCUT2D eigenvalue weighted by molar-refractivity contribution is -0.143. The molecule has 0 saturated carbocycles. The van der Waals surface area contributed by atoms with E-state index in [-0.39, 0.29) is 17.7 Å². The van der Waals surface area contributed by atoms with Crippen LogP contribution in [-0.4, -0.2) is 55.7 Å². The van der Waals surface area contributed by atoms with Crippen molar-refractivity contribution in [1.82, 2.24) is 4.90 Å². The van der Waals surface area contributed by atoms with Crippen LogP contribution >= 0.6 is 0 Å². The number of fused-ring (bicyclic) bond motifs is 1. The van der Waals surface area contributed by atoms with E-state index in [0.29, 0.717) is 28.5 Å². The molecule has 8 heteroatoms. The fourth-order valence-corrected chi connectivity index (χ4v) is 5.69. The highest BCUT2D eigenvalue weighted by Crippen LogP contribution is 2.43. The van der Waals surface area contributed by atoms with Gasteiger partial charge in [0.1, 0.15) is 0 Å². The van der Waals surface area contributed by atoms with Crippen LogP contribution in [0.3, 0.4) is 0 Å². The lowest BCUT2D eigenvalue weighted by Crippen LogP contribution is -2.38. The number of anilines is 2. The zero-order valence-corrected chi connectivity index (χ0v) is 23.8. The van der Waals surface area contributed by atoms with Gasteiger partial charge in [0.25, 0.3) is 5.91 Å². The van der Waals surface area contributed by atoms with Gasteiger partial charge in [0, 0.05) is 23.9 Å². The number of methoxy groups -OCH3 is 2. The molecule has 2 heterocycles. The lowest BCUT2D eigenvalue weighted by atomic mass is 9.85. The molecule has 3 aromatic carbocycles. The summed E-state index contributed by atoms with van der Waals surface area (Å²) in [4.78, 5) is 27.0. The number of amides is 1. The minimum absolute atomic E-state index is 0.195. The smallest absolute Gasteiger partial charge is 0.306 e. The lowest BCUT2D eigenvalue weighted by Gasteiger charge is -2.33. The number of carboxylic acid groups (broad SMARTS) is 1. The molecule has 5 rings (SSSR count). The Balaban J connectivity index is 1.33. The first-order valence-electron chi connectivity index (χ1n) is 14.1. The molecule has 1 amide bonds. The summed E-state index contributed by atoms with van der Waals surface area (Å²) in [5.74, 6) is 0.204. The van der Waals surface area contributed by atoms with Gasteiger partial charge in [-0.3, -0.25) is 9.59 Å². The highest BCUT2D eigenvalue weighted by Gasteiger charge is 2.31. The Morgan fingerprint density at radius 3 is 2.32 bits per heavy atom. The van der Waals surface area contributed by atoms with Crippen molar-refractivity contribution >= 4 is 34.5 Å². The van der Waals surface area contributed by atoms with Gasteiger partial charge in [-0.2, -0.15) is 0 Å². The zero-order valence-electron chi connectivity index (χ0n) is 23.8. The van der Waals surface area contributed by atoms with E-state index in [0.717, 1.165) is 55.7 Å². The van der Waals surface area contributed by atoms with Gasteiger partial charge < -0.3 is 30.1 Å². The number of benzene rings is 3. The van der Waals surface area contributed by atoms with Crippen LogP contribution in [0.5, 0.6) is 11.5 Å². The molecule has 0 radical (unpaired) electrons. The summed E-state index contributed by atoms with van der Waals surface area (Å²) in [6.07, 6.45) is 2.79. The van der Waals surface area contributed by atoms with Gasteiger partial charge >= 0.3 is 5.97 Å². The Labute approximate surface area is 241 Å². The third-order valence-corrected chi connectivity index (χ3v) is 8.25. The van der Waals surface area contributed by atoms with Crippen LogP contribution in [0, 0.1) is 11.8 Å². The molecule has 1 saturated heterocycles. The molecule has 8 nitrogen and oxygen atoms in total. The Kier molecular flexibility index (Phi) is 8.59. The second-order valence-electron chi connectivity index (χ2n) is 10.7. The van der Waals surface area contributed by atoms with Gasteiger partial charge in [0.2, 0.25) is 0 Å². The Hall–Kier alpha value is -4.30. The molecule has 1 atom stereocenters. The average molecular weight is 556 g/mol. The number of nitrogens with zero attached hydrogens (tertiary/aromatic N) is 1. The number of piperidine rings is 1. The van der Waals surface area contributed by atoms with Gasteiger partial charge in [0.05, 0.1) is 37.1 Å². The third kappa shape index (κ3) is 6.23. The van der Waals surface area contributed by atoms with Crippen molar-refractivity contribution in [3.8, 4) is 11.5 Å². The molecule has 0 aromatic heterocycles. The summed E-state index contributed by atoms with van der Waals surface area (Å²) < 4.78 is 11.0.